The first kappa shape index (κ1) is 18.9. The van der Waals surface area contributed by atoms with Crippen molar-refractivity contribution in [3.63, 3.8) is 0 Å². The Kier molecular flexibility index (Phi) is 6.64. The summed E-state index contributed by atoms with van der Waals surface area (Å²) < 4.78 is 13.3. The van der Waals surface area contributed by atoms with Gasteiger partial charge in [0.05, 0.1) is 5.92 Å². The molecule has 1 aromatic carbocycles. The SMILES string of the molecule is O=C(NCC1CCCCC1)[C@@H]1CCC(=O)N(CCc2cccc(F)c2)C1. The van der Waals surface area contributed by atoms with Crippen molar-refractivity contribution in [1.82, 2.24) is 10.2 Å². The van der Waals surface area contributed by atoms with E-state index >= 15 is 0 Å². The van der Waals surface area contributed by atoms with E-state index in [1.54, 1.807) is 11.0 Å². The lowest BCUT2D eigenvalue weighted by molar-refractivity contribution is -0.138. The van der Waals surface area contributed by atoms with Crippen LogP contribution < -0.4 is 5.32 Å². The lowest BCUT2D eigenvalue weighted by Crippen LogP contribution is -2.47. The molecule has 0 aromatic heterocycles. The van der Waals surface area contributed by atoms with E-state index in [1.165, 1.54) is 44.2 Å². The monoisotopic (exact) mass is 360 g/mol. The van der Waals surface area contributed by atoms with Crippen LogP contribution in [0.5, 0.6) is 0 Å². The van der Waals surface area contributed by atoms with E-state index in [4.69, 9.17) is 0 Å². The average molecular weight is 360 g/mol. The summed E-state index contributed by atoms with van der Waals surface area (Å²) in [7, 11) is 0. The fourth-order valence-corrected chi connectivity index (χ4v) is 4.08. The lowest BCUT2D eigenvalue weighted by atomic mass is 9.89. The van der Waals surface area contributed by atoms with Gasteiger partial charge in [0.25, 0.3) is 0 Å². The molecule has 1 heterocycles. The van der Waals surface area contributed by atoms with Crippen LogP contribution in [0.1, 0.15) is 50.5 Å². The minimum atomic E-state index is -0.257. The van der Waals surface area contributed by atoms with Crippen molar-refractivity contribution < 1.29 is 14.0 Å². The van der Waals surface area contributed by atoms with E-state index in [0.29, 0.717) is 38.3 Å². The van der Waals surface area contributed by atoms with E-state index in [0.717, 1.165) is 12.1 Å². The molecular formula is C21H29FN2O2. The maximum Gasteiger partial charge on any atom is 0.224 e. The molecule has 0 spiro atoms. The summed E-state index contributed by atoms with van der Waals surface area (Å²) in [6.45, 7) is 1.78. The number of likely N-dealkylation sites (tertiary alicyclic amines) is 1. The maximum absolute atomic E-state index is 13.3. The molecule has 1 N–H and O–H groups in total. The smallest absolute Gasteiger partial charge is 0.224 e. The van der Waals surface area contributed by atoms with Crippen molar-refractivity contribution in [3.05, 3.63) is 35.6 Å². The molecule has 2 aliphatic rings. The Morgan fingerprint density at radius 3 is 2.77 bits per heavy atom. The topological polar surface area (TPSA) is 49.4 Å². The minimum absolute atomic E-state index is 0.0822. The van der Waals surface area contributed by atoms with E-state index in [1.807, 2.05) is 6.07 Å². The Labute approximate surface area is 155 Å². The predicted molar refractivity (Wildman–Crippen MR) is 99.0 cm³/mol. The number of carbonyl (C=O) groups excluding carboxylic acids is 2. The number of nitrogens with one attached hydrogen (secondary N) is 1. The van der Waals surface area contributed by atoms with Crippen LogP contribution in [0.4, 0.5) is 4.39 Å². The Morgan fingerprint density at radius 2 is 2.00 bits per heavy atom. The van der Waals surface area contributed by atoms with Crippen molar-refractivity contribution >= 4 is 11.8 Å². The van der Waals surface area contributed by atoms with Gasteiger partial charge in [-0.3, -0.25) is 9.59 Å². The van der Waals surface area contributed by atoms with Crippen molar-refractivity contribution in [2.75, 3.05) is 19.6 Å². The first-order chi connectivity index (χ1) is 12.6. The normalized spacial score (nSPS) is 21.7. The Morgan fingerprint density at radius 1 is 1.19 bits per heavy atom. The van der Waals surface area contributed by atoms with Crippen molar-refractivity contribution in [1.29, 1.82) is 0 Å². The summed E-state index contributed by atoms with van der Waals surface area (Å²) in [6, 6.07) is 6.47. The number of amides is 2. The fourth-order valence-electron chi connectivity index (χ4n) is 4.08. The number of benzene rings is 1. The maximum atomic E-state index is 13.3. The van der Waals surface area contributed by atoms with Crippen LogP contribution in [-0.2, 0) is 16.0 Å². The standard InChI is InChI=1S/C21H29FN2O2/c22-19-8-4-7-16(13-19)11-12-24-15-18(9-10-20(24)25)21(26)23-14-17-5-2-1-3-6-17/h4,7-8,13,17-18H,1-3,5-6,9-12,14-15H2,(H,23,26)/t18-/m1/s1. The van der Waals surface area contributed by atoms with Crippen LogP contribution in [0.3, 0.4) is 0 Å². The van der Waals surface area contributed by atoms with E-state index in [2.05, 4.69) is 5.32 Å². The molecule has 1 saturated carbocycles. The predicted octanol–water partition coefficient (Wildman–Crippen LogP) is 3.30. The molecule has 1 aliphatic carbocycles. The highest BCUT2D eigenvalue weighted by molar-refractivity contribution is 5.83. The Hall–Kier alpha value is -1.91. The lowest BCUT2D eigenvalue weighted by Gasteiger charge is -2.32. The third kappa shape index (κ3) is 5.29. The van der Waals surface area contributed by atoms with Crippen LogP contribution >= 0.6 is 0 Å². The molecule has 0 bridgehead atoms. The van der Waals surface area contributed by atoms with E-state index in [9.17, 15) is 14.0 Å². The fraction of sp³-hybridized carbons (Fsp3) is 0.619. The van der Waals surface area contributed by atoms with Gasteiger partial charge in [-0.05, 0) is 49.3 Å². The van der Waals surface area contributed by atoms with Crippen molar-refractivity contribution in [2.45, 2.75) is 51.4 Å². The summed E-state index contributed by atoms with van der Waals surface area (Å²) in [6.07, 6.45) is 7.94. The second-order valence-corrected chi connectivity index (χ2v) is 7.70. The number of nitrogens with zero attached hydrogens (tertiary/aromatic N) is 1. The summed E-state index contributed by atoms with van der Waals surface area (Å²) >= 11 is 0. The van der Waals surface area contributed by atoms with Gasteiger partial charge >= 0.3 is 0 Å². The van der Waals surface area contributed by atoms with Crippen LogP contribution in [0.2, 0.25) is 0 Å². The molecule has 5 heteroatoms. The molecule has 26 heavy (non-hydrogen) atoms. The molecule has 3 rings (SSSR count). The molecule has 1 saturated heterocycles. The van der Waals surface area contributed by atoms with Crippen LogP contribution in [0, 0.1) is 17.7 Å². The van der Waals surface area contributed by atoms with Gasteiger partial charge in [-0.25, -0.2) is 4.39 Å². The molecule has 1 aromatic rings. The summed E-state index contributed by atoms with van der Waals surface area (Å²) in [5.74, 6) is 0.412. The van der Waals surface area contributed by atoms with Crippen LogP contribution in [0.25, 0.3) is 0 Å². The quantitative estimate of drug-likeness (QED) is 0.846. The number of halogens is 1. The van der Waals surface area contributed by atoms with E-state index in [-0.39, 0.29) is 23.5 Å². The van der Waals surface area contributed by atoms with Gasteiger partial charge in [0.2, 0.25) is 11.8 Å². The summed E-state index contributed by atoms with van der Waals surface area (Å²) in [4.78, 5) is 26.5. The number of carbonyl (C=O) groups is 2. The van der Waals surface area contributed by atoms with Gasteiger partial charge < -0.3 is 10.2 Å². The van der Waals surface area contributed by atoms with Gasteiger partial charge in [0.15, 0.2) is 0 Å². The second kappa shape index (κ2) is 9.15. The molecule has 1 atom stereocenters. The summed E-state index contributed by atoms with van der Waals surface area (Å²) in [5, 5.41) is 3.11. The molecule has 4 nitrogen and oxygen atoms in total. The van der Waals surface area contributed by atoms with Gasteiger partial charge in [-0.1, -0.05) is 31.4 Å². The molecule has 0 radical (unpaired) electrons. The highest BCUT2D eigenvalue weighted by atomic mass is 19.1. The average Bonchev–Trinajstić information content (AvgIpc) is 2.66. The zero-order valence-electron chi connectivity index (χ0n) is 15.4. The first-order valence-corrected chi connectivity index (χ1v) is 9.92. The Balaban J connectivity index is 1.47. The summed E-state index contributed by atoms with van der Waals surface area (Å²) in [5.41, 5.74) is 0.877. The zero-order chi connectivity index (χ0) is 18.4. The van der Waals surface area contributed by atoms with Gasteiger partial charge in [0, 0.05) is 26.1 Å². The molecule has 0 unspecified atom stereocenters. The Bertz CT molecular complexity index is 628. The molecule has 2 amide bonds. The minimum Gasteiger partial charge on any atom is -0.356 e. The zero-order valence-corrected chi connectivity index (χ0v) is 15.4. The largest absolute Gasteiger partial charge is 0.356 e. The number of piperidine rings is 1. The van der Waals surface area contributed by atoms with Crippen molar-refractivity contribution in [2.24, 2.45) is 11.8 Å². The second-order valence-electron chi connectivity index (χ2n) is 7.70. The molecule has 2 fully saturated rings. The third-order valence-electron chi connectivity index (χ3n) is 5.72. The highest BCUT2D eigenvalue weighted by Gasteiger charge is 2.30. The third-order valence-corrected chi connectivity index (χ3v) is 5.72. The van der Waals surface area contributed by atoms with Gasteiger partial charge in [-0.15, -0.1) is 0 Å². The number of hydrogen-bond donors (Lipinski definition) is 1. The van der Waals surface area contributed by atoms with Crippen LogP contribution in [-0.4, -0.2) is 36.3 Å². The molecule has 142 valence electrons. The number of hydrogen-bond acceptors (Lipinski definition) is 2. The highest BCUT2D eigenvalue weighted by Crippen LogP contribution is 2.23. The van der Waals surface area contributed by atoms with Gasteiger partial charge in [-0.2, -0.15) is 0 Å². The van der Waals surface area contributed by atoms with Crippen LogP contribution in [0.15, 0.2) is 24.3 Å². The molecular weight excluding hydrogens is 331 g/mol. The van der Waals surface area contributed by atoms with Gasteiger partial charge in [0.1, 0.15) is 5.82 Å². The van der Waals surface area contributed by atoms with Crippen molar-refractivity contribution in [3.8, 4) is 0 Å². The first-order valence-electron chi connectivity index (χ1n) is 9.92. The number of rotatable bonds is 6. The van der Waals surface area contributed by atoms with E-state index < -0.39 is 0 Å². The molecule has 1 aliphatic heterocycles.